The van der Waals surface area contributed by atoms with Gasteiger partial charge in [-0.1, -0.05) is 18.2 Å². The van der Waals surface area contributed by atoms with E-state index in [0.717, 1.165) is 44.1 Å². The van der Waals surface area contributed by atoms with Crippen LogP contribution in [0, 0.1) is 5.82 Å². The Labute approximate surface area is 158 Å². The molecule has 0 radical (unpaired) electrons. The second-order valence-corrected chi connectivity index (χ2v) is 6.73. The van der Waals surface area contributed by atoms with Gasteiger partial charge in [0.2, 0.25) is 5.91 Å². The van der Waals surface area contributed by atoms with Crippen LogP contribution in [0.2, 0.25) is 0 Å². The fourth-order valence-corrected chi connectivity index (χ4v) is 3.72. The Morgan fingerprint density at radius 2 is 1.96 bits per heavy atom. The molecule has 0 aliphatic carbocycles. The van der Waals surface area contributed by atoms with Gasteiger partial charge in [0.1, 0.15) is 17.5 Å². The molecule has 0 atom stereocenters. The van der Waals surface area contributed by atoms with E-state index in [2.05, 4.69) is 20.1 Å². The molecule has 2 aliphatic rings. The van der Waals surface area contributed by atoms with Crippen molar-refractivity contribution in [1.29, 1.82) is 0 Å². The molecule has 1 aromatic carbocycles. The number of carbonyl (C=O) groups excluding carboxylic acids is 1. The van der Waals surface area contributed by atoms with Crippen LogP contribution in [0.25, 0.3) is 0 Å². The van der Waals surface area contributed by atoms with Gasteiger partial charge in [-0.25, -0.2) is 4.39 Å². The number of hydrogen-bond acceptors (Lipinski definition) is 4. The molecule has 8 heteroatoms. The molecule has 1 fully saturated rings. The predicted molar refractivity (Wildman–Crippen MR) is 97.6 cm³/mol. The first-order valence-corrected chi connectivity index (χ1v) is 8.86. The summed E-state index contributed by atoms with van der Waals surface area (Å²) in [6.45, 7) is 4.01. The zero-order chi connectivity index (χ0) is 17.2. The number of nitrogens with one attached hydrogen (secondary N) is 1. The number of likely N-dealkylation sites (tertiary alicyclic amines) is 1. The SMILES string of the molecule is Cl.O=C(Cc1ccccc1F)N1CCC(c2nnc3n2CCNC3)CC1. The van der Waals surface area contributed by atoms with Gasteiger partial charge in [-0.3, -0.25) is 4.79 Å². The third kappa shape index (κ3) is 3.73. The minimum absolute atomic E-state index is 0. The van der Waals surface area contributed by atoms with E-state index in [-0.39, 0.29) is 30.6 Å². The van der Waals surface area contributed by atoms with Gasteiger partial charge in [0.25, 0.3) is 0 Å². The van der Waals surface area contributed by atoms with Crippen LogP contribution in [-0.2, 0) is 24.3 Å². The molecule has 0 unspecified atom stereocenters. The quantitative estimate of drug-likeness (QED) is 0.884. The fourth-order valence-electron chi connectivity index (χ4n) is 3.72. The van der Waals surface area contributed by atoms with Gasteiger partial charge in [-0.05, 0) is 24.5 Å². The average Bonchev–Trinajstić information content (AvgIpc) is 3.08. The zero-order valence-electron chi connectivity index (χ0n) is 14.5. The van der Waals surface area contributed by atoms with Crippen LogP contribution in [0.3, 0.4) is 0 Å². The molecule has 6 nitrogen and oxygen atoms in total. The van der Waals surface area contributed by atoms with E-state index in [1.165, 1.54) is 6.07 Å². The third-order valence-electron chi connectivity index (χ3n) is 5.16. The first kappa shape index (κ1) is 18.8. The number of hydrogen-bond donors (Lipinski definition) is 1. The molecule has 4 rings (SSSR count). The highest BCUT2D eigenvalue weighted by Gasteiger charge is 2.28. The maximum atomic E-state index is 13.7. The smallest absolute Gasteiger partial charge is 0.227 e. The van der Waals surface area contributed by atoms with Gasteiger partial charge in [-0.15, -0.1) is 22.6 Å². The van der Waals surface area contributed by atoms with E-state index in [9.17, 15) is 9.18 Å². The molecule has 0 saturated carbocycles. The molecule has 140 valence electrons. The monoisotopic (exact) mass is 379 g/mol. The fraction of sp³-hybridized carbons (Fsp3) is 0.500. The van der Waals surface area contributed by atoms with Crippen molar-refractivity contribution in [3.05, 3.63) is 47.3 Å². The van der Waals surface area contributed by atoms with Crippen LogP contribution < -0.4 is 5.32 Å². The normalized spacial score (nSPS) is 17.5. The standard InChI is InChI=1S/C18H22FN5O.ClH/c19-15-4-2-1-3-14(15)11-17(25)23-8-5-13(6-9-23)18-22-21-16-12-20-7-10-24(16)18;/h1-4,13,20H,5-12H2;1H. The van der Waals surface area contributed by atoms with E-state index < -0.39 is 0 Å². The molecular formula is C18H23ClFN5O. The van der Waals surface area contributed by atoms with E-state index in [0.29, 0.717) is 24.6 Å². The summed E-state index contributed by atoms with van der Waals surface area (Å²) in [5.74, 6) is 2.08. The first-order chi connectivity index (χ1) is 12.2. The number of fused-ring (bicyclic) bond motifs is 1. The van der Waals surface area contributed by atoms with E-state index in [1.807, 2.05) is 4.90 Å². The molecule has 1 N–H and O–H groups in total. The Hall–Kier alpha value is -1.99. The van der Waals surface area contributed by atoms with Gasteiger partial charge in [-0.2, -0.15) is 0 Å². The van der Waals surface area contributed by atoms with Crippen LogP contribution in [-0.4, -0.2) is 45.2 Å². The summed E-state index contributed by atoms with van der Waals surface area (Å²) in [5.41, 5.74) is 0.466. The minimum atomic E-state index is -0.311. The Morgan fingerprint density at radius 1 is 1.19 bits per heavy atom. The van der Waals surface area contributed by atoms with Crippen LogP contribution in [0.5, 0.6) is 0 Å². The highest BCUT2D eigenvalue weighted by molar-refractivity contribution is 5.85. The zero-order valence-corrected chi connectivity index (χ0v) is 15.3. The molecule has 1 aromatic heterocycles. The molecular weight excluding hydrogens is 357 g/mol. The summed E-state index contributed by atoms with van der Waals surface area (Å²) in [7, 11) is 0. The lowest BCUT2D eigenvalue weighted by Crippen LogP contribution is -2.39. The summed E-state index contributed by atoms with van der Waals surface area (Å²) in [6.07, 6.45) is 1.90. The van der Waals surface area contributed by atoms with Crippen molar-refractivity contribution in [2.45, 2.75) is 38.3 Å². The molecule has 1 amide bonds. The van der Waals surface area contributed by atoms with Crippen LogP contribution >= 0.6 is 12.4 Å². The van der Waals surface area contributed by atoms with E-state index in [1.54, 1.807) is 18.2 Å². The highest BCUT2D eigenvalue weighted by atomic mass is 35.5. The lowest BCUT2D eigenvalue weighted by atomic mass is 9.95. The van der Waals surface area contributed by atoms with Gasteiger partial charge in [0, 0.05) is 32.1 Å². The number of carbonyl (C=O) groups is 1. The maximum absolute atomic E-state index is 13.7. The lowest BCUT2D eigenvalue weighted by molar-refractivity contribution is -0.131. The van der Waals surface area contributed by atoms with Crippen molar-refractivity contribution < 1.29 is 9.18 Å². The second-order valence-electron chi connectivity index (χ2n) is 6.73. The number of piperidine rings is 1. The minimum Gasteiger partial charge on any atom is -0.342 e. The molecule has 1 saturated heterocycles. The topological polar surface area (TPSA) is 63.1 Å². The summed E-state index contributed by atoms with van der Waals surface area (Å²) >= 11 is 0. The largest absolute Gasteiger partial charge is 0.342 e. The van der Waals surface area contributed by atoms with Crippen molar-refractivity contribution in [3.63, 3.8) is 0 Å². The lowest BCUT2D eigenvalue weighted by Gasteiger charge is -2.32. The number of amides is 1. The van der Waals surface area contributed by atoms with Crippen LogP contribution in [0.15, 0.2) is 24.3 Å². The highest BCUT2D eigenvalue weighted by Crippen LogP contribution is 2.28. The number of aromatic nitrogens is 3. The maximum Gasteiger partial charge on any atom is 0.227 e. The average molecular weight is 380 g/mol. The van der Waals surface area contributed by atoms with Crippen molar-refractivity contribution in [2.24, 2.45) is 0 Å². The molecule has 26 heavy (non-hydrogen) atoms. The third-order valence-corrected chi connectivity index (χ3v) is 5.16. The predicted octanol–water partition coefficient (Wildman–Crippen LogP) is 1.89. The van der Waals surface area contributed by atoms with Crippen LogP contribution in [0.4, 0.5) is 4.39 Å². The van der Waals surface area contributed by atoms with Gasteiger partial charge in [0.05, 0.1) is 13.0 Å². The summed E-state index contributed by atoms with van der Waals surface area (Å²) < 4.78 is 16.0. The molecule has 3 heterocycles. The first-order valence-electron chi connectivity index (χ1n) is 8.86. The van der Waals surface area contributed by atoms with E-state index in [4.69, 9.17) is 0 Å². The molecule has 2 aliphatic heterocycles. The number of rotatable bonds is 3. The summed E-state index contributed by atoms with van der Waals surface area (Å²) in [6, 6.07) is 6.49. The summed E-state index contributed by atoms with van der Waals surface area (Å²) in [5, 5.41) is 12.0. The van der Waals surface area contributed by atoms with E-state index >= 15 is 0 Å². The molecule has 0 bridgehead atoms. The Balaban J connectivity index is 0.00000196. The van der Waals surface area contributed by atoms with Crippen molar-refractivity contribution >= 4 is 18.3 Å². The van der Waals surface area contributed by atoms with Crippen molar-refractivity contribution in [3.8, 4) is 0 Å². The summed E-state index contributed by atoms with van der Waals surface area (Å²) in [4.78, 5) is 14.3. The number of halogens is 2. The molecule has 0 spiro atoms. The van der Waals surface area contributed by atoms with Gasteiger partial charge >= 0.3 is 0 Å². The molecule has 2 aromatic rings. The number of nitrogens with zero attached hydrogens (tertiary/aromatic N) is 4. The van der Waals surface area contributed by atoms with Crippen molar-refractivity contribution in [1.82, 2.24) is 25.0 Å². The van der Waals surface area contributed by atoms with Gasteiger partial charge in [0.15, 0.2) is 0 Å². The Kier molecular flexibility index (Phi) is 5.88. The van der Waals surface area contributed by atoms with Crippen LogP contribution in [0.1, 0.15) is 36.0 Å². The Bertz CT molecular complexity index is 773. The van der Waals surface area contributed by atoms with Gasteiger partial charge < -0.3 is 14.8 Å². The Morgan fingerprint density at radius 3 is 2.73 bits per heavy atom. The number of benzene rings is 1. The van der Waals surface area contributed by atoms with Crippen molar-refractivity contribution in [2.75, 3.05) is 19.6 Å². The second kappa shape index (κ2) is 8.14.